The summed E-state index contributed by atoms with van der Waals surface area (Å²) in [4.78, 5) is 13.8. The normalized spacial score (nSPS) is 12.3. The lowest BCUT2D eigenvalue weighted by Gasteiger charge is -2.22. The van der Waals surface area contributed by atoms with Crippen molar-refractivity contribution in [2.75, 3.05) is 27.2 Å². The van der Waals surface area contributed by atoms with Crippen molar-refractivity contribution in [2.24, 2.45) is 0 Å². The van der Waals surface area contributed by atoms with E-state index in [-0.39, 0.29) is 5.91 Å². The van der Waals surface area contributed by atoms with E-state index in [2.05, 4.69) is 25.2 Å². The predicted octanol–water partition coefficient (Wildman–Crippen LogP) is 2.26. The molecule has 0 saturated heterocycles. The molecule has 20 heavy (non-hydrogen) atoms. The molecule has 1 rings (SSSR count). The molecule has 4 nitrogen and oxygen atoms in total. The summed E-state index contributed by atoms with van der Waals surface area (Å²) >= 11 is 0. The summed E-state index contributed by atoms with van der Waals surface area (Å²) in [5.74, 6) is 1.19. The number of likely N-dealkylation sites (N-methyl/N-ethyl adjacent to an activating group) is 2. The molecule has 1 N–H and O–H groups in total. The van der Waals surface area contributed by atoms with Gasteiger partial charge < -0.3 is 15.0 Å². The van der Waals surface area contributed by atoms with Crippen LogP contribution >= 0.6 is 0 Å². The molecule has 1 aromatic carbocycles. The fraction of sp³-hybridized carbons (Fsp3) is 0.562. The number of nitrogens with zero attached hydrogens (tertiary/aromatic N) is 1. The van der Waals surface area contributed by atoms with E-state index >= 15 is 0 Å². The summed E-state index contributed by atoms with van der Waals surface area (Å²) in [6, 6.07) is 7.93. The summed E-state index contributed by atoms with van der Waals surface area (Å²) in [6.07, 6.45) is -0.473. The van der Waals surface area contributed by atoms with Crippen molar-refractivity contribution < 1.29 is 9.53 Å². The summed E-state index contributed by atoms with van der Waals surface area (Å²) in [5, 5.41) is 3.03. The molecule has 0 aliphatic heterocycles. The molecule has 1 aromatic rings. The maximum absolute atomic E-state index is 12.1. The van der Waals surface area contributed by atoms with Crippen molar-refractivity contribution in [2.45, 2.75) is 32.8 Å². The van der Waals surface area contributed by atoms with Crippen LogP contribution in [0.1, 0.15) is 32.3 Å². The molecule has 112 valence electrons. The third-order valence-corrected chi connectivity index (χ3v) is 3.26. The number of ether oxygens (including phenoxy) is 1. The molecule has 0 fully saturated rings. The lowest BCUT2D eigenvalue weighted by Crippen LogP contribution is -2.40. The van der Waals surface area contributed by atoms with E-state index in [0.29, 0.717) is 12.5 Å². The van der Waals surface area contributed by atoms with Gasteiger partial charge in [-0.1, -0.05) is 26.0 Å². The van der Waals surface area contributed by atoms with E-state index in [9.17, 15) is 4.79 Å². The van der Waals surface area contributed by atoms with E-state index in [4.69, 9.17) is 4.74 Å². The Kier molecular flexibility index (Phi) is 6.52. The van der Waals surface area contributed by atoms with Gasteiger partial charge in [0.05, 0.1) is 0 Å². The van der Waals surface area contributed by atoms with Gasteiger partial charge >= 0.3 is 0 Å². The molecule has 0 heterocycles. The van der Waals surface area contributed by atoms with E-state index in [0.717, 1.165) is 12.3 Å². The lowest BCUT2D eigenvalue weighted by molar-refractivity contribution is -0.136. The van der Waals surface area contributed by atoms with Crippen LogP contribution in [0.15, 0.2) is 24.3 Å². The number of nitrogens with one attached hydrogen (secondary N) is 1. The SMILES string of the molecule is CNCCN(C)C(=O)C(C)Oc1cccc(C(C)C)c1. The lowest BCUT2D eigenvalue weighted by atomic mass is 10.0. The minimum Gasteiger partial charge on any atom is -0.481 e. The smallest absolute Gasteiger partial charge is 0.263 e. The molecule has 0 saturated carbocycles. The van der Waals surface area contributed by atoms with Gasteiger partial charge in [-0.15, -0.1) is 0 Å². The Hall–Kier alpha value is -1.55. The van der Waals surface area contributed by atoms with Crippen molar-refractivity contribution in [1.82, 2.24) is 10.2 Å². The zero-order valence-corrected chi connectivity index (χ0v) is 13.1. The molecule has 4 heteroatoms. The highest BCUT2D eigenvalue weighted by atomic mass is 16.5. The van der Waals surface area contributed by atoms with Crippen LogP contribution in [-0.4, -0.2) is 44.1 Å². The van der Waals surface area contributed by atoms with Gasteiger partial charge in [0.25, 0.3) is 5.91 Å². The Morgan fingerprint density at radius 2 is 2.05 bits per heavy atom. The first-order valence-electron chi connectivity index (χ1n) is 7.12. The van der Waals surface area contributed by atoms with Gasteiger partial charge in [-0.2, -0.15) is 0 Å². The fourth-order valence-electron chi connectivity index (χ4n) is 1.90. The second-order valence-electron chi connectivity index (χ2n) is 5.35. The van der Waals surface area contributed by atoms with Gasteiger partial charge in [0.15, 0.2) is 6.10 Å². The van der Waals surface area contributed by atoms with Crippen LogP contribution in [0.2, 0.25) is 0 Å². The Bertz CT molecular complexity index is 432. The largest absolute Gasteiger partial charge is 0.481 e. The second-order valence-corrected chi connectivity index (χ2v) is 5.35. The molecule has 0 radical (unpaired) electrons. The molecule has 1 unspecified atom stereocenters. The number of hydrogen-bond donors (Lipinski definition) is 1. The van der Waals surface area contributed by atoms with Crippen LogP contribution in [0.5, 0.6) is 5.75 Å². The minimum atomic E-state index is -0.473. The molecule has 0 aromatic heterocycles. The number of amides is 1. The summed E-state index contributed by atoms with van der Waals surface area (Å²) in [6.45, 7) is 7.52. The fourth-order valence-corrected chi connectivity index (χ4v) is 1.90. The number of carbonyl (C=O) groups excluding carboxylic acids is 1. The van der Waals surface area contributed by atoms with Gasteiger partial charge in [-0.3, -0.25) is 4.79 Å². The van der Waals surface area contributed by atoms with Crippen LogP contribution in [0.4, 0.5) is 0 Å². The first-order valence-corrected chi connectivity index (χ1v) is 7.12. The number of rotatable bonds is 7. The molecule has 0 aliphatic rings. The van der Waals surface area contributed by atoms with Gasteiger partial charge in [-0.05, 0) is 37.6 Å². The van der Waals surface area contributed by atoms with Crippen molar-refractivity contribution >= 4 is 5.91 Å². The topological polar surface area (TPSA) is 41.6 Å². The van der Waals surface area contributed by atoms with Gasteiger partial charge in [-0.25, -0.2) is 0 Å². The Balaban J connectivity index is 2.63. The maximum Gasteiger partial charge on any atom is 0.263 e. The van der Waals surface area contributed by atoms with Gasteiger partial charge in [0.1, 0.15) is 5.75 Å². The third kappa shape index (κ3) is 4.85. The highest BCUT2D eigenvalue weighted by Gasteiger charge is 2.18. The Morgan fingerprint density at radius 3 is 2.65 bits per heavy atom. The number of hydrogen-bond acceptors (Lipinski definition) is 3. The van der Waals surface area contributed by atoms with Crippen LogP contribution in [-0.2, 0) is 4.79 Å². The van der Waals surface area contributed by atoms with E-state index in [1.165, 1.54) is 5.56 Å². The molecule has 0 spiro atoms. The zero-order chi connectivity index (χ0) is 15.1. The predicted molar refractivity (Wildman–Crippen MR) is 82.2 cm³/mol. The van der Waals surface area contributed by atoms with E-state index in [1.54, 1.807) is 18.9 Å². The average Bonchev–Trinajstić information content (AvgIpc) is 2.44. The van der Waals surface area contributed by atoms with Crippen LogP contribution in [0.25, 0.3) is 0 Å². The van der Waals surface area contributed by atoms with Crippen molar-refractivity contribution in [3.05, 3.63) is 29.8 Å². The van der Waals surface area contributed by atoms with Crippen LogP contribution in [0.3, 0.4) is 0 Å². The van der Waals surface area contributed by atoms with Crippen molar-refractivity contribution in [3.8, 4) is 5.75 Å². The van der Waals surface area contributed by atoms with Crippen LogP contribution < -0.4 is 10.1 Å². The summed E-state index contributed by atoms with van der Waals surface area (Å²) in [5.41, 5.74) is 1.21. The third-order valence-electron chi connectivity index (χ3n) is 3.26. The Morgan fingerprint density at radius 1 is 1.35 bits per heavy atom. The van der Waals surface area contributed by atoms with Gasteiger partial charge in [0.2, 0.25) is 0 Å². The van der Waals surface area contributed by atoms with Gasteiger partial charge in [0, 0.05) is 20.1 Å². The number of carbonyl (C=O) groups is 1. The van der Waals surface area contributed by atoms with Crippen LogP contribution in [0, 0.1) is 0 Å². The quantitative estimate of drug-likeness (QED) is 0.832. The number of benzene rings is 1. The molecule has 1 amide bonds. The first-order chi connectivity index (χ1) is 9.45. The second kappa shape index (κ2) is 7.90. The minimum absolute atomic E-state index is 0.00444. The molecular formula is C16H26N2O2. The highest BCUT2D eigenvalue weighted by Crippen LogP contribution is 2.21. The van der Waals surface area contributed by atoms with Crippen molar-refractivity contribution in [3.63, 3.8) is 0 Å². The summed E-state index contributed by atoms with van der Waals surface area (Å²) in [7, 11) is 3.67. The van der Waals surface area contributed by atoms with E-state index in [1.807, 2.05) is 25.2 Å². The van der Waals surface area contributed by atoms with E-state index < -0.39 is 6.10 Å². The standard InChI is InChI=1S/C16H26N2O2/c1-12(2)14-7-6-8-15(11-14)20-13(3)16(19)18(5)10-9-17-4/h6-8,11-13,17H,9-10H2,1-5H3. The van der Waals surface area contributed by atoms with Crippen molar-refractivity contribution in [1.29, 1.82) is 0 Å². The monoisotopic (exact) mass is 278 g/mol. The molecule has 0 aliphatic carbocycles. The molecule has 0 bridgehead atoms. The first kappa shape index (κ1) is 16.5. The zero-order valence-electron chi connectivity index (χ0n) is 13.1. The summed E-state index contributed by atoms with van der Waals surface area (Å²) < 4.78 is 5.76. The average molecular weight is 278 g/mol. The maximum atomic E-state index is 12.1. The Labute approximate surface area is 122 Å². The highest BCUT2D eigenvalue weighted by molar-refractivity contribution is 5.80. The molecule has 1 atom stereocenters. The molecular weight excluding hydrogens is 252 g/mol.